The average Bonchev–Trinajstić information content (AvgIpc) is 3.37. The molecule has 3 aromatic heterocycles. The molecule has 30 heavy (non-hydrogen) atoms. The van der Waals surface area contributed by atoms with Crippen LogP contribution in [0, 0.1) is 0 Å². The summed E-state index contributed by atoms with van der Waals surface area (Å²) in [4.78, 5) is 12.8. The van der Waals surface area contributed by atoms with E-state index in [0.717, 1.165) is 11.1 Å². The van der Waals surface area contributed by atoms with Crippen LogP contribution in [0.4, 0.5) is 0 Å². The Kier molecular flexibility index (Phi) is 4.47. The summed E-state index contributed by atoms with van der Waals surface area (Å²) < 4.78 is 5.02. The number of nitrogens with two attached hydrogens (primary N) is 1. The molecule has 0 aliphatic rings. The van der Waals surface area contributed by atoms with Gasteiger partial charge in [-0.15, -0.1) is 20.4 Å². The first-order chi connectivity index (χ1) is 14.7. The highest BCUT2D eigenvalue weighted by atomic mass is 32.2. The van der Waals surface area contributed by atoms with Crippen molar-refractivity contribution in [3.63, 3.8) is 0 Å². The molecule has 10 heteroatoms. The Bertz CT molecular complexity index is 1420. The average molecular weight is 418 g/mol. The van der Waals surface area contributed by atoms with E-state index in [9.17, 15) is 4.79 Å². The van der Waals surface area contributed by atoms with Crippen LogP contribution < -0.4 is 11.4 Å². The normalized spacial score (nSPS) is 11.5. The Morgan fingerprint density at radius 1 is 0.967 bits per heavy atom. The molecule has 2 N–H and O–H groups in total. The second-order valence-electron chi connectivity index (χ2n) is 6.65. The molecule has 0 saturated heterocycles. The van der Waals surface area contributed by atoms with E-state index in [4.69, 9.17) is 5.84 Å². The highest BCUT2D eigenvalue weighted by Gasteiger charge is 2.17. The molecule has 5 rings (SSSR count). The third-order valence-corrected chi connectivity index (χ3v) is 5.86. The van der Waals surface area contributed by atoms with E-state index in [-0.39, 0.29) is 5.56 Å². The summed E-state index contributed by atoms with van der Waals surface area (Å²) in [6.07, 6.45) is 0. The third-order valence-electron chi connectivity index (χ3n) is 4.92. The van der Waals surface area contributed by atoms with Gasteiger partial charge in [0.1, 0.15) is 5.82 Å². The number of nitrogens with zero attached hydrogens (tertiary/aromatic N) is 7. The first-order valence-corrected chi connectivity index (χ1v) is 10.4. The zero-order valence-corrected chi connectivity index (χ0v) is 17.0. The Morgan fingerprint density at radius 2 is 1.73 bits per heavy atom. The minimum Gasteiger partial charge on any atom is -0.335 e. The molecule has 0 spiro atoms. The van der Waals surface area contributed by atoms with Gasteiger partial charge in [0.05, 0.1) is 16.7 Å². The maximum absolute atomic E-state index is 12.8. The van der Waals surface area contributed by atoms with Gasteiger partial charge in [-0.3, -0.25) is 13.8 Å². The van der Waals surface area contributed by atoms with Crippen LogP contribution in [0.25, 0.3) is 28.1 Å². The van der Waals surface area contributed by atoms with Crippen molar-refractivity contribution in [3.05, 3.63) is 70.8 Å². The third kappa shape index (κ3) is 2.84. The topological polar surface area (TPSA) is 109 Å². The summed E-state index contributed by atoms with van der Waals surface area (Å²) in [6.45, 7) is 2.43. The van der Waals surface area contributed by atoms with Crippen LogP contribution in [0.15, 0.2) is 64.5 Å². The quantitative estimate of drug-likeness (QED) is 0.345. The molecule has 3 heterocycles. The predicted octanol–water partition coefficient (Wildman–Crippen LogP) is 2.33. The van der Waals surface area contributed by atoms with Crippen molar-refractivity contribution in [2.45, 2.75) is 24.4 Å². The summed E-state index contributed by atoms with van der Waals surface area (Å²) in [6, 6.07) is 17.1. The zero-order chi connectivity index (χ0) is 20.7. The van der Waals surface area contributed by atoms with Gasteiger partial charge in [-0.25, -0.2) is 4.68 Å². The number of hydrogen-bond donors (Lipinski definition) is 1. The SMILES string of the molecule is CCn1c(=O)c2ccccc2n2c(CSc3nnc(-c4ccccc4)n3N)nnc12. The fourth-order valence-electron chi connectivity index (χ4n) is 3.48. The van der Waals surface area contributed by atoms with Gasteiger partial charge < -0.3 is 5.84 Å². The van der Waals surface area contributed by atoms with Gasteiger partial charge in [0, 0.05) is 12.1 Å². The van der Waals surface area contributed by atoms with Crippen LogP contribution >= 0.6 is 11.8 Å². The molecule has 0 radical (unpaired) electrons. The van der Waals surface area contributed by atoms with Crippen molar-refractivity contribution >= 4 is 28.4 Å². The minimum atomic E-state index is -0.0681. The van der Waals surface area contributed by atoms with E-state index in [0.29, 0.717) is 40.3 Å². The molecule has 9 nitrogen and oxygen atoms in total. The lowest BCUT2D eigenvalue weighted by Gasteiger charge is -2.09. The number of aryl methyl sites for hydroxylation is 1. The second kappa shape index (κ2) is 7.30. The first kappa shape index (κ1) is 18.4. The highest BCUT2D eigenvalue weighted by Crippen LogP contribution is 2.25. The fourth-order valence-corrected chi connectivity index (χ4v) is 4.25. The van der Waals surface area contributed by atoms with Crippen LogP contribution in [-0.4, -0.2) is 34.0 Å². The van der Waals surface area contributed by atoms with E-state index >= 15 is 0 Å². The summed E-state index contributed by atoms with van der Waals surface area (Å²) in [7, 11) is 0. The Morgan fingerprint density at radius 3 is 2.53 bits per heavy atom. The van der Waals surface area contributed by atoms with E-state index in [1.165, 1.54) is 16.4 Å². The molecule has 2 aromatic carbocycles. The zero-order valence-electron chi connectivity index (χ0n) is 16.1. The smallest absolute Gasteiger partial charge is 0.262 e. The first-order valence-electron chi connectivity index (χ1n) is 9.43. The molecular formula is C20H18N8OS. The molecule has 150 valence electrons. The number of nitrogen functional groups attached to an aromatic ring is 1. The molecule has 0 aliphatic heterocycles. The fraction of sp³-hybridized carbons (Fsp3) is 0.150. The number of fused-ring (bicyclic) bond motifs is 3. The lowest BCUT2D eigenvalue weighted by Crippen LogP contribution is -2.22. The molecule has 0 bridgehead atoms. The number of para-hydroxylation sites is 1. The lowest BCUT2D eigenvalue weighted by molar-refractivity contribution is 0.735. The number of hydrogen-bond acceptors (Lipinski definition) is 7. The maximum Gasteiger partial charge on any atom is 0.262 e. The van der Waals surface area contributed by atoms with Crippen LogP contribution in [0.3, 0.4) is 0 Å². The van der Waals surface area contributed by atoms with E-state index in [1.54, 1.807) is 4.57 Å². The highest BCUT2D eigenvalue weighted by molar-refractivity contribution is 7.98. The molecule has 0 amide bonds. The van der Waals surface area contributed by atoms with Crippen LogP contribution in [0.2, 0.25) is 0 Å². The molecule has 0 fully saturated rings. The molecule has 0 atom stereocenters. The van der Waals surface area contributed by atoms with E-state index in [2.05, 4.69) is 20.4 Å². The monoisotopic (exact) mass is 418 g/mol. The number of benzene rings is 2. The molecule has 0 aliphatic carbocycles. The van der Waals surface area contributed by atoms with Crippen molar-refractivity contribution in [3.8, 4) is 11.4 Å². The van der Waals surface area contributed by atoms with Gasteiger partial charge in [-0.05, 0) is 19.1 Å². The van der Waals surface area contributed by atoms with Crippen LogP contribution in [0.1, 0.15) is 12.7 Å². The van der Waals surface area contributed by atoms with Crippen molar-refractivity contribution in [1.29, 1.82) is 0 Å². The minimum absolute atomic E-state index is 0.0681. The number of rotatable bonds is 5. The van der Waals surface area contributed by atoms with Crippen molar-refractivity contribution in [2.75, 3.05) is 5.84 Å². The van der Waals surface area contributed by atoms with Crippen molar-refractivity contribution in [2.24, 2.45) is 0 Å². The summed E-state index contributed by atoms with van der Waals surface area (Å²) >= 11 is 1.41. The summed E-state index contributed by atoms with van der Waals surface area (Å²) in [5, 5.41) is 18.3. The van der Waals surface area contributed by atoms with Gasteiger partial charge in [-0.1, -0.05) is 54.2 Å². The van der Waals surface area contributed by atoms with Crippen molar-refractivity contribution < 1.29 is 0 Å². The second-order valence-corrected chi connectivity index (χ2v) is 7.59. The Balaban J connectivity index is 1.54. The summed E-state index contributed by atoms with van der Waals surface area (Å²) in [5.41, 5.74) is 1.61. The number of thioether (sulfide) groups is 1. The molecular weight excluding hydrogens is 400 g/mol. The Labute approximate surface area is 175 Å². The maximum atomic E-state index is 12.8. The largest absolute Gasteiger partial charge is 0.335 e. The predicted molar refractivity (Wildman–Crippen MR) is 116 cm³/mol. The van der Waals surface area contributed by atoms with E-state index < -0.39 is 0 Å². The van der Waals surface area contributed by atoms with Gasteiger partial charge >= 0.3 is 0 Å². The molecule has 5 aromatic rings. The van der Waals surface area contributed by atoms with Crippen LogP contribution in [-0.2, 0) is 12.3 Å². The van der Waals surface area contributed by atoms with Gasteiger partial charge in [-0.2, -0.15) is 0 Å². The van der Waals surface area contributed by atoms with Gasteiger partial charge in [0.15, 0.2) is 5.82 Å². The van der Waals surface area contributed by atoms with Gasteiger partial charge in [0.2, 0.25) is 10.9 Å². The lowest BCUT2D eigenvalue weighted by atomic mass is 10.2. The Hall–Kier alpha value is -3.66. The van der Waals surface area contributed by atoms with E-state index in [1.807, 2.05) is 65.9 Å². The van der Waals surface area contributed by atoms with Crippen molar-refractivity contribution in [1.82, 2.24) is 34.0 Å². The van der Waals surface area contributed by atoms with Crippen LogP contribution in [0.5, 0.6) is 0 Å². The van der Waals surface area contributed by atoms with Gasteiger partial charge in [0.25, 0.3) is 5.56 Å². The molecule has 0 saturated carbocycles. The summed E-state index contributed by atoms with van der Waals surface area (Å²) in [5.74, 6) is 8.52. The standard InChI is InChI=1S/C20H18N8OS/c1-2-26-18(29)14-10-6-7-11-15(14)27-16(22-24-19(26)27)12-30-20-25-23-17(28(20)21)13-8-4-3-5-9-13/h3-11H,2,12,21H2,1H3. The molecule has 0 unspecified atom stereocenters. The number of aromatic nitrogens is 7.